The van der Waals surface area contributed by atoms with Gasteiger partial charge in [-0.2, -0.15) is 0 Å². The van der Waals surface area contributed by atoms with Gasteiger partial charge in [0.1, 0.15) is 11.5 Å². The Labute approximate surface area is 128 Å². The summed E-state index contributed by atoms with van der Waals surface area (Å²) in [5.74, 6) is 1.55. The quantitative estimate of drug-likeness (QED) is 0.560. The van der Waals surface area contributed by atoms with Gasteiger partial charge in [0.05, 0.1) is 0 Å². The lowest BCUT2D eigenvalue weighted by Crippen LogP contribution is -1.93. The fourth-order valence-electron chi connectivity index (χ4n) is 2.67. The van der Waals surface area contributed by atoms with Gasteiger partial charge in [-0.05, 0) is 44.7 Å². The van der Waals surface area contributed by atoms with Crippen LogP contribution in [0.2, 0.25) is 0 Å². The molecule has 3 nitrogen and oxygen atoms in total. The molecule has 0 aromatic carbocycles. The minimum absolute atomic E-state index is 0.321. The number of aliphatic carboxylic acids is 1. The predicted octanol–water partition coefficient (Wildman–Crippen LogP) is 5.34. The lowest BCUT2D eigenvalue weighted by Gasteiger charge is -2.02. The Morgan fingerprint density at radius 2 is 1.38 bits per heavy atom. The van der Waals surface area contributed by atoms with Gasteiger partial charge in [-0.3, -0.25) is 4.79 Å². The number of hydrogen-bond donors (Lipinski definition) is 1. The van der Waals surface area contributed by atoms with Crippen molar-refractivity contribution in [2.24, 2.45) is 0 Å². The molecule has 0 amide bonds. The van der Waals surface area contributed by atoms with E-state index in [4.69, 9.17) is 9.52 Å². The Bertz CT molecular complexity index is 432. The maximum absolute atomic E-state index is 10.4. The molecular weight excluding hydrogens is 264 g/mol. The zero-order valence-electron chi connectivity index (χ0n) is 13.8. The van der Waals surface area contributed by atoms with Crippen molar-refractivity contribution in [1.82, 2.24) is 0 Å². The molecule has 0 radical (unpaired) electrons. The topological polar surface area (TPSA) is 50.4 Å². The van der Waals surface area contributed by atoms with Gasteiger partial charge < -0.3 is 9.52 Å². The first-order valence-electron chi connectivity index (χ1n) is 8.29. The third-order valence-corrected chi connectivity index (χ3v) is 4.33. The molecule has 0 bridgehead atoms. The van der Waals surface area contributed by atoms with Crippen molar-refractivity contribution in [1.29, 1.82) is 0 Å². The standard InChI is InChI=1S/C18H30O3/c1-14-15(2)17(21-16(14)3)12-10-8-6-4-5-7-9-11-13-18(19)20/h4-13H2,1-3H3,(H,19,20). The lowest BCUT2D eigenvalue weighted by atomic mass is 10.0. The largest absolute Gasteiger partial charge is 0.481 e. The van der Waals surface area contributed by atoms with Crippen molar-refractivity contribution in [3.05, 3.63) is 22.6 Å². The van der Waals surface area contributed by atoms with Gasteiger partial charge in [0.2, 0.25) is 0 Å². The van der Waals surface area contributed by atoms with Gasteiger partial charge in [-0.15, -0.1) is 0 Å². The van der Waals surface area contributed by atoms with E-state index in [0.717, 1.165) is 25.0 Å². The Hall–Kier alpha value is -1.25. The molecule has 120 valence electrons. The molecule has 1 heterocycles. The van der Waals surface area contributed by atoms with E-state index in [1.807, 2.05) is 6.92 Å². The monoisotopic (exact) mass is 294 g/mol. The van der Waals surface area contributed by atoms with E-state index in [1.165, 1.54) is 55.4 Å². The van der Waals surface area contributed by atoms with Crippen LogP contribution in [-0.2, 0) is 11.2 Å². The molecule has 1 aromatic heterocycles. The molecule has 1 rings (SSSR count). The highest BCUT2D eigenvalue weighted by molar-refractivity contribution is 5.66. The van der Waals surface area contributed by atoms with E-state index < -0.39 is 5.97 Å². The highest BCUT2D eigenvalue weighted by atomic mass is 16.4. The number of carboxylic acids is 1. The van der Waals surface area contributed by atoms with Crippen LogP contribution in [0.3, 0.4) is 0 Å². The van der Waals surface area contributed by atoms with Crippen molar-refractivity contribution in [3.63, 3.8) is 0 Å². The van der Waals surface area contributed by atoms with Crippen molar-refractivity contribution in [2.45, 2.75) is 85.0 Å². The average molecular weight is 294 g/mol. The van der Waals surface area contributed by atoms with Crippen LogP contribution < -0.4 is 0 Å². The molecule has 0 saturated carbocycles. The van der Waals surface area contributed by atoms with E-state index in [0.29, 0.717) is 6.42 Å². The summed E-state index contributed by atoms with van der Waals surface area (Å²) in [6.45, 7) is 6.32. The van der Waals surface area contributed by atoms with Gasteiger partial charge in [0.25, 0.3) is 0 Å². The van der Waals surface area contributed by atoms with E-state index in [1.54, 1.807) is 0 Å². The Morgan fingerprint density at radius 3 is 1.86 bits per heavy atom. The second-order valence-electron chi connectivity index (χ2n) is 6.05. The molecule has 3 heteroatoms. The molecule has 0 saturated heterocycles. The third kappa shape index (κ3) is 6.83. The molecule has 1 aromatic rings. The molecule has 0 fully saturated rings. The highest BCUT2D eigenvalue weighted by Gasteiger charge is 2.09. The van der Waals surface area contributed by atoms with Crippen LogP contribution in [0.25, 0.3) is 0 Å². The summed E-state index contributed by atoms with van der Waals surface area (Å²) in [6, 6.07) is 0. The first-order chi connectivity index (χ1) is 10.0. The van der Waals surface area contributed by atoms with Crippen LogP contribution in [0.4, 0.5) is 0 Å². The van der Waals surface area contributed by atoms with Gasteiger partial charge in [-0.1, -0.05) is 38.5 Å². The van der Waals surface area contributed by atoms with Crippen LogP contribution in [0.5, 0.6) is 0 Å². The molecule has 1 N–H and O–H groups in total. The van der Waals surface area contributed by atoms with Crippen molar-refractivity contribution < 1.29 is 14.3 Å². The van der Waals surface area contributed by atoms with E-state index in [-0.39, 0.29) is 0 Å². The Balaban J connectivity index is 1.97. The van der Waals surface area contributed by atoms with Gasteiger partial charge in [0, 0.05) is 12.8 Å². The van der Waals surface area contributed by atoms with Gasteiger partial charge in [-0.25, -0.2) is 0 Å². The summed E-state index contributed by atoms with van der Waals surface area (Å²) in [6.07, 6.45) is 10.7. The smallest absolute Gasteiger partial charge is 0.303 e. The third-order valence-electron chi connectivity index (χ3n) is 4.33. The number of furan rings is 1. The summed E-state index contributed by atoms with van der Waals surface area (Å²) in [4.78, 5) is 10.4. The highest BCUT2D eigenvalue weighted by Crippen LogP contribution is 2.22. The molecule has 0 atom stereocenters. The van der Waals surface area contributed by atoms with Gasteiger partial charge in [0.15, 0.2) is 0 Å². The lowest BCUT2D eigenvalue weighted by molar-refractivity contribution is -0.137. The number of hydrogen-bond acceptors (Lipinski definition) is 2. The summed E-state index contributed by atoms with van der Waals surface area (Å²) in [5, 5.41) is 8.54. The number of carbonyl (C=O) groups is 1. The predicted molar refractivity (Wildman–Crippen MR) is 85.8 cm³/mol. The first-order valence-corrected chi connectivity index (χ1v) is 8.29. The second kappa shape index (κ2) is 9.64. The van der Waals surface area contributed by atoms with Crippen molar-refractivity contribution >= 4 is 5.97 Å². The molecule has 0 spiro atoms. The minimum atomic E-state index is -0.673. The van der Waals surface area contributed by atoms with Crippen LogP contribution in [-0.4, -0.2) is 11.1 Å². The number of aryl methyl sites for hydroxylation is 2. The normalized spacial score (nSPS) is 11.0. The first kappa shape index (κ1) is 17.8. The number of rotatable bonds is 11. The van der Waals surface area contributed by atoms with E-state index in [9.17, 15) is 4.79 Å². The van der Waals surface area contributed by atoms with Crippen LogP contribution >= 0.6 is 0 Å². The summed E-state index contributed by atoms with van der Waals surface area (Å²) in [7, 11) is 0. The molecular formula is C18H30O3. The SMILES string of the molecule is Cc1oc(CCCCCCCCCCC(=O)O)c(C)c1C. The van der Waals surface area contributed by atoms with Crippen LogP contribution in [0, 0.1) is 20.8 Å². The van der Waals surface area contributed by atoms with Crippen LogP contribution in [0.15, 0.2) is 4.42 Å². The minimum Gasteiger partial charge on any atom is -0.481 e. The maximum atomic E-state index is 10.4. The van der Waals surface area contributed by atoms with E-state index >= 15 is 0 Å². The number of unbranched alkanes of at least 4 members (excludes halogenated alkanes) is 7. The summed E-state index contributed by atoms with van der Waals surface area (Å²) < 4.78 is 5.79. The maximum Gasteiger partial charge on any atom is 0.303 e. The van der Waals surface area contributed by atoms with Crippen molar-refractivity contribution in [3.8, 4) is 0 Å². The molecule has 0 unspecified atom stereocenters. The Kier molecular flexibility index (Phi) is 8.17. The average Bonchev–Trinajstić information content (AvgIpc) is 2.68. The molecule has 0 aliphatic heterocycles. The zero-order valence-corrected chi connectivity index (χ0v) is 13.8. The molecule has 0 aliphatic carbocycles. The van der Waals surface area contributed by atoms with Crippen molar-refractivity contribution in [2.75, 3.05) is 0 Å². The Morgan fingerprint density at radius 1 is 0.857 bits per heavy atom. The van der Waals surface area contributed by atoms with Gasteiger partial charge >= 0.3 is 5.97 Å². The second-order valence-corrected chi connectivity index (χ2v) is 6.05. The van der Waals surface area contributed by atoms with E-state index in [2.05, 4.69) is 13.8 Å². The summed E-state index contributed by atoms with van der Waals surface area (Å²) in [5.41, 5.74) is 2.62. The fraction of sp³-hybridized carbons (Fsp3) is 0.722. The fourth-order valence-corrected chi connectivity index (χ4v) is 2.67. The van der Waals surface area contributed by atoms with Crippen LogP contribution in [0.1, 0.15) is 80.4 Å². The summed E-state index contributed by atoms with van der Waals surface area (Å²) >= 11 is 0. The zero-order chi connectivity index (χ0) is 15.7. The number of carboxylic acid groups (broad SMARTS) is 1. The molecule has 0 aliphatic rings. The molecule has 21 heavy (non-hydrogen) atoms.